The van der Waals surface area contributed by atoms with E-state index in [0.717, 1.165) is 24.7 Å². The number of carbonyl (C=O) groups is 2. The first-order chi connectivity index (χ1) is 10.5. The van der Waals surface area contributed by atoms with E-state index < -0.39 is 5.97 Å². The molecule has 0 spiro atoms. The first kappa shape index (κ1) is 20.3. The maximum atomic E-state index is 10.3. The van der Waals surface area contributed by atoms with E-state index in [1.807, 2.05) is 31.2 Å². The van der Waals surface area contributed by atoms with E-state index in [4.69, 9.17) is 9.84 Å². The normalized spacial score (nSPS) is 11.2. The zero-order chi connectivity index (χ0) is 16.8. The number of carbonyl (C=O) groups excluding carboxylic acids is 1. The summed E-state index contributed by atoms with van der Waals surface area (Å²) in [6.07, 6.45) is 3.51. The molecule has 0 bridgehead atoms. The van der Waals surface area contributed by atoms with Gasteiger partial charge in [0.2, 0.25) is 0 Å². The molecule has 0 radical (unpaired) electrons. The van der Waals surface area contributed by atoms with Crippen LogP contribution in [0.2, 0.25) is 0 Å². The summed E-state index contributed by atoms with van der Waals surface area (Å²) in [5.74, 6) is -0.778. The fourth-order valence-electron chi connectivity index (χ4n) is 1.58. The van der Waals surface area contributed by atoms with E-state index in [1.54, 1.807) is 7.05 Å². The Morgan fingerprint density at radius 1 is 1.36 bits per heavy atom. The Balaban J connectivity index is 0.000000425. The summed E-state index contributed by atoms with van der Waals surface area (Å²) in [4.78, 5) is 20.4. The fraction of sp³-hybridized carbons (Fsp3) is 0.529. The molecule has 0 saturated carbocycles. The maximum absolute atomic E-state index is 10.3. The van der Waals surface area contributed by atoms with Gasteiger partial charge in [0.25, 0.3) is 0 Å². The van der Waals surface area contributed by atoms with Crippen LogP contribution in [0.25, 0.3) is 0 Å². The number of aryl methyl sites for hydroxylation is 1. The summed E-state index contributed by atoms with van der Waals surface area (Å²) in [7, 11) is 1.78. The van der Waals surface area contributed by atoms with Crippen LogP contribution in [0.15, 0.2) is 24.3 Å². The van der Waals surface area contributed by atoms with Gasteiger partial charge in [0.15, 0.2) is 0 Å². The molecule has 0 fully saturated rings. The number of hydrogen-bond acceptors (Lipinski definition) is 4. The second-order valence-electron chi connectivity index (χ2n) is 4.96. The van der Waals surface area contributed by atoms with Crippen LogP contribution < -0.4 is 5.32 Å². The summed E-state index contributed by atoms with van der Waals surface area (Å²) in [5.41, 5.74) is 1.92. The highest BCUT2D eigenvalue weighted by Gasteiger charge is 2.07. The smallest absolute Gasteiger partial charge is 0.303 e. The topological polar surface area (TPSA) is 75.6 Å². The van der Waals surface area contributed by atoms with Crippen LogP contribution in [0.4, 0.5) is 0 Å². The van der Waals surface area contributed by atoms with E-state index in [9.17, 15) is 9.59 Å². The zero-order valence-electron chi connectivity index (χ0n) is 13.7. The Labute approximate surface area is 132 Å². The molecule has 2 N–H and O–H groups in total. The van der Waals surface area contributed by atoms with Gasteiger partial charge in [-0.25, -0.2) is 0 Å². The van der Waals surface area contributed by atoms with Crippen molar-refractivity contribution in [2.24, 2.45) is 0 Å². The number of aliphatic carboxylic acids is 1. The molecule has 0 amide bonds. The second kappa shape index (κ2) is 13.0. The fourth-order valence-corrected chi connectivity index (χ4v) is 1.58. The predicted octanol–water partition coefficient (Wildman–Crippen LogP) is 3.02. The van der Waals surface area contributed by atoms with Gasteiger partial charge in [-0.2, -0.15) is 0 Å². The number of benzene rings is 1. The van der Waals surface area contributed by atoms with E-state index in [-0.39, 0.29) is 12.6 Å². The number of nitrogens with one attached hydrogen (secondary N) is 1. The average Bonchev–Trinajstić information content (AvgIpc) is 2.52. The van der Waals surface area contributed by atoms with Crippen LogP contribution in [0, 0.1) is 6.92 Å². The monoisotopic (exact) mass is 309 g/mol. The van der Waals surface area contributed by atoms with E-state index in [2.05, 4.69) is 12.2 Å². The lowest BCUT2D eigenvalue weighted by Gasteiger charge is -2.15. The quantitative estimate of drug-likeness (QED) is 0.416. The third kappa shape index (κ3) is 11.0. The van der Waals surface area contributed by atoms with Crippen molar-refractivity contribution in [3.05, 3.63) is 35.4 Å². The lowest BCUT2D eigenvalue weighted by Crippen LogP contribution is -2.29. The number of ether oxygens (including phenoxy) is 1. The van der Waals surface area contributed by atoms with Crippen molar-refractivity contribution in [3.63, 3.8) is 0 Å². The molecule has 0 aliphatic rings. The van der Waals surface area contributed by atoms with Crippen LogP contribution in [-0.4, -0.2) is 37.2 Å². The zero-order valence-corrected chi connectivity index (χ0v) is 13.7. The van der Waals surface area contributed by atoms with Crippen molar-refractivity contribution < 1.29 is 19.4 Å². The molecule has 5 heteroatoms. The second-order valence-corrected chi connectivity index (χ2v) is 4.96. The molecule has 1 rings (SSSR count). The summed E-state index contributed by atoms with van der Waals surface area (Å²) in [6.45, 7) is 4.78. The minimum absolute atomic E-state index is 0.123. The molecule has 1 aromatic rings. The van der Waals surface area contributed by atoms with Gasteiger partial charge in [0.05, 0.1) is 0 Å². The van der Waals surface area contributed by atoms with Gasteiger partial charge in [-0.1, -0.05) is 43.2 Å². The molecule has 124 valence electrons. The van der Waals surface area contributed by atoms with Gasteiger partial charge in [0.1, 0.15) is 12.5 Å². The number of unbranched alkanes of at least 4 members (excludes halogenated alkanes) is 1. The van der Waals surface area contributed by atoms with E-state index in [0.29, 0.717) is 13.0 Å². The predicted molar refractivity (Wildman–Crippen MR) is 87.1 cm³/mol. The van der Waals surface area contributed by atoms with Crippen molar-refractivity contribution in [2.75, 3.05) is 13.7 Å². The Morgan fingerprint density at radius 2 is 2.00 bits per heavy atom. The Hall–Kier alpha value is -1.72. The summed E-state index contributed by atoms with van der Waals surface area (Å²) >= 11 is 0. The van der Waals surface area contributed by atoms with Crippen LogP contribution in [0.1, 0.15) is 48.5 Å². The number of rotatable bonds is 9. The Bertz CT molecular complexity index is 417. The number of aldehydes is 1. The highest BCUT2D eigenvalue weighted by atomic mass is 16.5. The van der Waals surface area contributed by atoms with Crippen molar-refractivity contribution in [1.82, 2.24) is 5.32 Å². The van der Waals surface area contributed by atoms with Crippen LogP contribution in [0.5, 0.6) is 0 Å². The standard InChI is InChI=1S/C9H19NO3.C8H8O/c1-3-4-7-13-8(10-2)5-6-9(11)12;1-7-2-4-8(6-9)5-3-7/h8,10H,3-7H2,1-2H3,(H,11,12);2-6H,1H3. The minimum Gasteiger partial charge on any atom is -0.481 e. The lowest BCUT2D eigenvalue weighted by molar-refractivity contribution is -0.138. The molecule has 5 nitrogen and oxygen atoms in total. The average molecular weight is 309 g/mol. The van der Waals surface area contributed by atoms with Crippen molar-refractivity contribution in [2.45, 2.75) is 45.8 Å². The first-order valence-electron chi connectivity index (χ1n) is 7.56. The van der Waals surface area contributed by atoms with Crippen LogP contribution >= 0.6 is 0 Å². The molecule has 1 atom stereocenters. The molecule has 0 aliphatic heterocycles. The highest BCUT2D eigenvalue weighted by Crippen LogP contribution is 2.00. The van der Waals surface area contributed by atoms with Crippen LogP contribution in [0.3, 0.4) is 0 Å². The number of hydrogen-bond donors (Lipinski definition) is 2. The summed E-state index contributed by atoms with van der Waals surface area (Å²) < 4.78 is 5.41. The number of carboxylic acid groups (broad SMARTS) is 1. The lowest BCUT2D eigenvalue weighted by atomic mass is 10.2. The van der Waals surface area contributed by atoms with Gasteiger partial charge in [0, 0.05) is 18.6 Å². The minimum atomic E-state index is -0.778. The summed E-state index contributed by atoms with van der Waals surface area (Å²) in [6, 6.07) is 7.46. The van der Waals surface area contributed by atoms with Gasteiger partial charge in [-0.15, -0.1) is 0 Å². The van der Waals surface area contributed by atoms with Crippen molar-refractivity contribution in [3.8, 4) is 0 Å². The maximum Gasteiger partial charge on any atom is 0.303 e. The van der Waals surface area contributed by atoms with Gasteiger partial charge in [-0.05, 0) is 26.8 Å². The summed E-state index contributed by atoms with van der Waals surface area (Å²) in [5, 5.41) is 11.4. The van der Waals surface area contributed by atoms with Crippen molar-refractivity contribution in [1.29, 1.82) is 0 Å². The van der Waals surface area contributed by atoms with Gasteiger partial charge < -0.3 is 9.84 Å². The molecule has 1 aromatic carbocycles. The molecule has 22 heavy (non-hydrogen) atoms. The van der Waals surface area contributed by atoms with E-state index in [1.165, 1.54) is 5.56 Å². The Morgan fingerprint density at radius 3 is 2.45 bits per heavy atom. The molecule has 0 aromatic heterocycles. The molecular weight excluding hydrogens is 282 g/mol. The molecule has 1 unspecified atom stereocenters. The molecule has 0 aliphatic carbocycles. The molecular formula is C17H27NO4. The van der Waals surface area contributed by atoms with Gasteiger partial charge in [-0.3, -0.25) is 14.9 Å². The largest absolute Gasteiger partial charge is 0.481 e. The van der Waals surface area contributed by atoms with E-state index >= 15 is 0 Å². The SMILES string of the molecule is CCCCOC(CCC(=O)O)NC.Cc1ccc(C=O)cc1. The third-order valence-electron chi connectivity index (χ3n) is 2.97. The van der Waals surface area contributed by atoms with Crippen LogP contribution in [-0.2, 0) is 9.53 Å². The highest BCUT2D eigenvalue weighted by molar-refractivity contribution is 5.74. The third-order valence-corrected chi connectivity index (χ3v) is 2.97. The molecule has 0 heterocycles. The number of carboxylic acids is 1. The Kier molecular flexibility index (Phi) is 12.0. The first-order valence-corrected chi connectivity index (χ1v) is 7.56. The molecule has 0 saturated heterocycles. The van der Waals surface area contributed by atoms with Gasteiger partial charge >= 0.3 is 5.97 Å². The van der Waals surface area contributed by atoms with Crippen molar-refractivity contribution >= 4 is 12.3 Å².